The summed E-state index contributed by atoms with van der Waals surface area (Å²) in [5, 5.41) is 7.94. The lowest BCUT2D eigenvalue weighted by molar-refractivity contribution is -0.157. The first-order valence-electron chi connectivity index (χ1n) is 11.9. The standard InChI is InChI=1S/C26H32BrN3O3S/c1-14(2)9-20-24(31)29-22(18-10-16-7-5-6-8-17(16)11-18)26(33)30(20)23(25(32)28-15(3)4)21-12-19(27)13-34-21/h5-8,12-15,18,20,22-23H,9-11H2,1-4H3,(H,28,32)(H,29,31)/t20-,22-,23-/m1/s1. The second-order valence-corrected chi connectivity index (χ2v) is 11.9. The molecule has 0 radical (unpaired) electrons. The average Bonchev–Trinajstić information content (AvgIpc) is 3.38. The normalized spacial score (nSPS) is 21.7. The van der Waals surface area contributed by atoms with E-state index in [0.29, 0.717) is 6.42 Å². The van der Waals surface area contributed by atoms with Crippen molar-refractivity contribution in [1.82, 2.24) is 15.5 Å². The fraction of sp³-hybridized carbons (Fsp3) is 0.500. The Morgan fingerprint density at radius 2 is 1.82 bits per heavy atom. The maximum absolute atomic E-state index is 14.1. The van der Waals surface area contributed by atoms with Crippen LogP contribution < -0.4 is 10.6 Å². The molecule has 0 unspecified atom stereocenters. The van der Waals surface area contributed by atoms with Crippen molar-refractivity contribution < 1.29 is 14.4 Å². The van der Waals surface area contributed by atoms with E-state index < -0.39 is 18.1 Å². The minimum absolute atomic E-state index is 0.0276. The Morgan fingerprint density at radius 3 is 2.35 bits per heavy atom. The van der Waals surface area contributed by atoms with E-state index >= 15 is 0 Å². The first-order valence-corrected chi connectivity index (χ1v) is 13.6. The molecule has 0 spiro atoms. The van der Waals surface area contributed by atoms with Crippen molar-refractivity contribution >= 4 is 45.0 Å². The average molecular weight is 547 g/mol. The van der Waals surface area contributed by atoms with Gasteiger partial charge in [0, 0.05) is 20.8 Å². The lowest BCUT2D eigenvalue weighted by atomic mass is 9.88. The molecule has 1 saturated heterocycles. The lowest BCUT2D eigenvalue weighted by Crippen LogP contribution is -2.67. The van der Waals surface area contributed by atoms with Crippen LogP contribution in [0.2, 0.25) is 0 Å². The van der Waals surface area contributed by atoms with Gasteiger partial charge < -0.3 is 15.5 Å². The Labute approximate surface area is 213 Å². The zero-order valence-corrected chi connectivity index (χ0v) is 22.4. The Hall–Kier alpha value is -2.19. The summed E-state index contributed by atoms with van der Waals surface area (Å²) in [7, 11) is 0. The van der Waals surface area contributed by atoms with Crippen LogP contribution in [0.4, 0.5) is 0 Å². The number of hydrogen-bond acceptors (Lipinski definition) is 4. The highest BCUT2D eigenvalue weighted by Crippen LogP contribution is 2.37. The third-order valence-corrected chi connectivity index (χ3v) is 8.27. The number of benzene rings is 1. The van der Waals surface area contributed by atoms with Gasteiger partial charge in [-0.25, -0.2) is 0 Å². The zero-order valence-electron chi connectivity index (χ0n) is 20.0. The van der Waals surface area contributed by atoms with Crippen molar-refractivity contribution in [2.24, 2.45) is 11.8 Å². The number of piperazine rings is 1. The number of rotatable bonds is 7. The fourth-order valence-corrected chi connectivity index (χ4v) is 6.64. The summed E-state index contributed by atoms with van der Waals surface area (Å²) < 4.78 is 0.854. The SMILES string of the molecule is CC(C)C[C@@H]1C(=O)N[C@H](C2Cc3ccccc3C2)C(=O)N1[C@@H](C(=O)NC(C)C)c1cc(Br)cs1. The molecule has 2 aliphatic rings. The van der Waals surface area contributed by atoms with Gasteiger partial charge in [-0.15, -0.1) is 11.3 Å². The number of carbonyl (C=O) groups is 3. The number of hydrogen-bond donors (Lipinski definition) is 2. The van der Waals surface area contributed by atoms with E-state index in [1.165, 1.54) is 22.5 Å². The molecular formula is C26H32BrN3O3S. The van der Waals surface area contributed by atoms with Gasteiger partial charge in [-0.05, 0) is 78.1 Å². The van der Waals surface area contributed by atoms with Gasteiger partial charge in [0.2, 0.25) is 17.7 Å². The van der Waals surface area contributed by atoms with Crippen LogP contribution in [0.3, 0.4) is 0 Å². The molecule has 2 heterocycles. The van der Waals surface area contributed by atoms with Gasteiger partial charge in [0.15, 0.2) is 0 Å². The highest BCUT2D eigenvalue weighted by Gasteiger charge is 2.49. The van der Waals surface area contributed by atoms with Crippen LogP contribution in [-0.2, 0) is 27.2 Å². The number of nitrogens with one attached hydrogen (secondary N) is 2. The summed E-state index contributed by atoms with van der Waals surface area (Å²) in [6, 6.07) is 7.78. The molecule has 3 atom stereocenters. The third kappa shape index (κ3) is 5.08. The molecule has 1 aliphatic carbocycles. The second kappa shape index (κ2) is 10.2. The number of amides is 3. The molecule has 2 N–H and O–H groups in total. The van der Waals surface area contributed by atoms with Crippen LogP contribution in [0.5, 0.6) is 0 Å². The van der Waals surface area contributed by atoms with E-state index in [2.05, 4.69) is 38.7 Å². The smallest absolute Gasteiger partial charge is 0.248 e. The quantitative estimate of drug-likeness (QED) is 0.546. The zero-order chi connectivity index (χ0) is 24.6. The maximum atomic E-state index is 14.1. The van der Waals surface area contributed by atoms with Crippen LogP contribution in [0, 0.1) is 11.8 Å². The Balaban J connectivity index is 1.73. The van der Waals surface area contributed by atoms with Gasteiger partial charge >= 0.3 is 0 Å². The van der Waals surface area contributed by atoms with Crippen LogP contribution in [0.1, 0.15) is 56.2 Å². The molecule has 1 aromatic carbocycles. The molecule has 1 aliphatic heterocycles. The number of halogens is 1. The molecule has 2 aromatic rings. The van der Waals surface area contributed by atoms with Crippen molar-refractivity contribution in [2.45, 2.75) is 71.1 Å². The van der Waals surface area contributed by atoms with Crippen molar-refractivity contribution in [1.29, 1.82) is 0 Å². The minimum atomic E-state index is -0.854. The molecule has 8 heteroatoms. The number of carbonyl (C=O) groups excluding carboxylic acids is 3. The van der Waals surface area contributed by atoms with E-state index in [0.717, 1.165) is 22.2 Å². The Bertz CT molecular complexity index is 1060. The molecule has 34 heavy (non-hydrogen) atoms. The molecule has 4 rings (SSSR count). The largest absolute Gasteiger partial charge is 0.352 e. The summed E-state index contributed by atoms with van der Waals surface area (Å²) in [6.45, 7) is 7.85. The summed E-state index contributed by atoms with van der Waals surface area (Å²) in [5.74, 6) is -0.444. The highest BCUT2D eigenvalue weighted by molar-refractivity contribution is 9.10. The number of nitrogens with zero attached hydrogens (tertiary/aromatic N) is 1. The molecule has 1 aromatic heterocycles. The third-order valence-electron chi connectivity index (χ3n) is 6.52. The molecule has 182 valence electrons. The van der Waals surface area contributed by atoms with Gasteiger partial charge in [0.1, 0.15) is 18.1 Å². The van der Waals surface area contributed by atoms with Gasteiger partial charge in [0.25, 0.3) is 0 Å². The van der Waals surface area contributed by atoms with Crippen LogP contribution >= 0.6 is 27.3 Å². The maximum Gasteiger partial charge on any atom is 0.248 e. The van der Waals surface area contributed by atoms with Crippen molar-refractivity contribution in [3.05, 3.63) is 56.2 Å². The summed E-state index contributed by atoms with van der Waals surface area (Å²) in [4.78, 5) is 43.4. The minimum Gasteiger partial charge on any atom is -0.352 e. The monoisotopic (exact) mass is 545 g/mol. The van der Waals surface area contributed by atoms with E-state index in [4.69, 9.17) is 0 Å². The predicted octanol–water partition coefficient (Wildman–Crippen LogP) is 4.23. The second-order valence-electron chi connectivity index (χ2n) is 10.0. The molecule has 0 saturated carbocycles. The van der Waals surface area contributed by atoms with E-state index in [1.807, 2.05) is 51.3 Å². The first-order chi connectivity index (χ1) is 16.2. The number of thiophene rings is 1. The Kier molecular flexibility index (Phi) is 7.48. The molecule has 1 fully saturated rings. The van der Waals surface area contributed by atoms with Gasteiger partial charge in [-0.2, -0.15) is 0 Å². The van der Waals surface area contributed by atoms with E-state index in [-0.39, 0.29) is 35.6 Å². The summed E-state index contributed by atoms with van der Waals surface area (Å²) in [5.41, 5.74) is 2.45. The molecule has 6 nitrogen and oxygen atoms in total. The van der Waals surface area contributed by atoms with Crippen molar-refractivity contribution in [3.8, 4) is 0 Å². The Morgan fingerprint density at radius 1 is 1.18 bits per heavy atom. The van der Waals surface area contributed by atoms with Crippen molar-refractivity contribution in [2.75, 3.05) is 0 Å². The molecule has 0 bridgehead atoms. The summed E-state index contributed by atoms with van der Waals surface area (Å²) >= 11 is 4.91. The van der Waals surface area contributed by atoms with Gasteiger partial charge in [-0.3, -0.25) is 14.4 Å². The number of fused-ring (bicyclic) bond motifs is 1. The van der Waals surface area contributed by atoms with Crippen LogP contribution in [-0.4, -0.2) is 40.7 Å². The topological polar surface area (TPSA) is 78.5 Å². The van der Waals surface area contributed by atoms with Gasteiger partial charge in [-0.1, -0.05) is 38.1 Å². The first kappa shape index (κ1) is 24.9. The van der Waals surface area contributed by atoms with E-state index in [1.54, 1.807) is 4.90 Å². The molecule has 3 amide bonds. The fourth-order valence-electron chi connectivity index (χ4n) is 5.10. The summed E-state index contributed by atoms with van der Waals surface area (Å²) in [6.07, 6.45) is 1.97. The molecular weight excluding hydrogens is 514 g/mol. The van der Waals surface area contributed by atoms with Crippen LogP contribution in [0.15, 0.2) is 40.2 Å². The van der Waals surface area contributed by atoms with Gasteiger partial charge in [0.05, 0.1) is 0 Å². The predicted molar refractivity (Wildman–Crippen MR) is 137 cm³/mol. The van der Waals surface area contributed by atoms with Crippen molar-refractivity contribution in [3.63, 3.8) is 0 Å². The lowest BCUT2D eigenvalue weighted by Gasteiger charge is -2.44. The van der Waals surface area contributed by atoms with Crippen LogP contribution in [0.25, 0.3) is 0 Å². The highest BCUT2D eigenvalue weighted by atomic mass is 79.9. The van der Waals surface area contributed by atoms with E-state index in [9.17, 15) is 14.4 Å².